The van der Waals surface area contributed by atoms with E-state index in [4.69, 9.17) is 4.52 Å². The fraction of sp³-hybridized carbons (Fsp3) is 0.238. The summed E-state index contributed by atoms with van der Waals surface area (Å²) in [7, 11) is 2.00. The summed E-state index contributed by atoms with van der Waals surface area (Å²) in [6, 6.07) is 18.0. The van der Waals surface area contributed by atoms with Gasteiger partial charge in [-0.05, 0) is 19.4 Å². The largest absolute Gasteiger partial charge is 0.338 e. The quantitative estimate of drug-likeness (QED) is 0.718. The number of carbonyl (C=O) groups is 1. The molecule has 0 radical (unpaired) electrons. The zero-order valence-electron chi connectivity index (χ0n) is 15.4. The second-order valence-electron chi connectivity index (χ2n) is 6.73. The lowest BCUT2D eigenvalue weighted by Crippen LogP contribution is -3.08. The van der Waals surface area contributed by atoms with Crippen molar-refractivity contribution in [3.8, 4) is 11.3 Å². The topological polar surface area (TPSA) is 59.6 Å². The Morgan fingerprint density at radius 2 is 1.85 bits per heavy atom. The number of aromatic nitrogens is 1. The van der Waals surface area contributed by atoms with Gasteiger partial charge in [0.25, 0.3) is 5.91 Å². The van der Waals surface area contributed by atoms with Gasteiger partial charge < -0.3 is 9.42 Å². The first-order valence-corrected chi connectivity index (χ1v) is 8.70. The van der Waals surface area contributed by atoms with Crippen LogP contribution in [0.4, 0.5) is 5.88 Å². The highest BCUT2D eigenvalue weighted by atomic mass is 16.5. The number of rotatable bonds is 6. The first-order chi connectivity index (χ1) is 12.5. The fourth-order valence-electron chi connectivity index (χ4n) is 2.85. The number of aryl methyl sites for hydroxylation is 2. The molecule has 0 saturated heterocycles. The minimum atomic E-state index is -0.0947. The number of hydrogen-bond acceptors (Lipinski definition) is 3. The van der Waals surface area contributed by atoms with Crippen LogP contribution in [0.5, 0.6) is 0 Å². The zero-order valence-corrected chi connectivity index (χ0v) is 15.4. The summed E-state index contributed by atoms with van der Waals surface area (Å²) >= 11 is 0. The van der Waals surface area contributed by atoms with Gasteiger partial charge in [0.15, 0.2) is 6.54 Å². The van der Waals surface area contributed by atoms with Crippen molar-refractivity contribution in [3.05, 3.63) is 71.3 Å². The highest BCUT2D eigenvalue weighted by molar-refractivity contribution is 5.90. The molecule has 2 aromatic carbocycles. The molecule has 5 heteroatoms. The SMILES string of the molecule is Cc1ccc(-c2cc(NC(=O)C[NH+](C)Cc3ccccc3C)on2)cc1. The molecule has 0 saturated carbocycles. The molecule has 2 N–H and O–H groups in total. The summed E-state index contributed by atoms with van der Waals surface area (Å²) in [5.74, 6) is 0.275. The summed E-state index contributed by atoms with van der Waals surface area (Å²) in [4.78, 5) is 13.4. The highest BCUT2D eigenvalue weighted by Gasteiger charge is 2.14. The molecule has 26 heavy (non-hydrogen) atoms. The molecule has 0 bridgehead atoms. The van der Waals surface area contributed by atoms with Gasteiger partial charge in [0.2, 0.25) is 5.88 Å². The van der Waals surface area contributed by atoms with E-state index in [1.807, 2.05) is 50.4 Å². The van der Waals surface area contributed by atoms with Crippen LogP contribution >= 0.6 is 0 Å². The Morgan fingerprint density at radius 3 is 2.58 bits per heavy atom. The lowest BCUT2D eigenvalue weighted by molar-refractivity contribution is -0.885. The van der Waals surface area contributed by atoms with Gasteiger partial charge in [-0.2, -0.15) is 0 Å². The molecule has 1 atom stereocenters. The van der Waals surface area contributed by atoms with Crippen molar-refractivity contribution in [1.82, 2.24) is 5.16 Å². The number of anilines is 1. The average molecular weight is 350 g/mol. The lowest BCUT2D eigenvalue weighted by Gasteiger charge is -2.14. The molecular formula is C21H24N3O2+. The normalized spacial score (nSPS) is 12.0. The lowest BCUT2D eigenvalue weighted by atomic mass is 10.1. The number of carbonyl (C=O) groups excluding carboxylic acids is 1. The Hall–Kier alpha value is -2.92. The summed E-state index contributed by atoms with van der Waals surface area (Å²) < 4.78 is 5.25. The van der Waals surface area contributed by atoms with Crippen molar-refractivity contribution < 1.29 is 14.2 Å². The van der Waals surface area contributed by atoms with Crippen molar-refractivity contribution >= 4 is 11.8 Å². The third kappa shape index (κ3) is 4.58. The van der Waals surface area contributed by atoms with Crippen molar-refractivity contribution in [2.24, 2.45) is 0 Å². The molecule has 3 aromatic rings. The minimum Gasteiger partial charge on any atom is -0.338 e. The Kier molecular flexibility index (Phi) is 5.49. The fourth-order valence-corrected chi connectivity index (χ4v) is 2.85. The maximum Gasteiger partial charge on any atom is 0.281 e. The average Bonchev–Trinajstić information content (AvgIpc) is 3.05. The maximum absolute atomic E-state index is 12.3. The van der Waals surface area contributed by atoms with Gasteiger partial charge in [0, 0.05) is 17.2 Å². The molecule has 0 aliphatic heterocycles. The second kappa shape index (κ2) is 7.97. The van der Waals surface area contributed by atoms with E-state index in [0.29, 0.717) is 18.1 Å². The molecule has 1 heterocycles. The highest BCUT2D eigenvalue weighted by Crippen LogP contribution is 2.21. The van der Waals surface area contributed by atoms with Crippen molar-refractivity contribution in [2.45, 2.75) is 20.4 Å². The van der Waals surface area contributed by atoms with Gasteiger partial charge in [0.05, 0.1) is 7.05 Å². The first kappa shape index (κ1) is 17.9. The number of amides is 1. The van der Waals surface area contributed by atoms with Gasteiger partial charge in [0.1, 0.15) is 12.2 Å². The number of quaternary nitrogens is 1. The number of hydrogen-bond donors (Lipinski definition) is 2. The molecule has 1 unspecified atom stereocenters. The van der Waals surface area contributed by atoms with Crippen LogP contribution in [0.25, 0.3) is 11.3 Å². The first-order valence-electron chi connectivity index (χ1n) is 8.70. The predicted molar refractivity (Wildman–Crippen MR) is 102 cm³/mol. The maximum atomic E-state index is 12.3. The predicted octanol–water partition coefficient (Wildman–Crippen LogP) is 2.61. The van der Waals surface area contributed by atoms with E-state index >= 15 is 0 Å². The Balaban J connectivity index is 1.56. The minimum absolute atomic E-state index is 0.0947. The standard InChI is InChI=1S/C21H23N3O2/c1-15-8-10-17(11-9-15)19-12-21(26-23-19)22-20(25)14-24(3)13-18-7-5-4-6-16(18)2/h4-12H,13-14H2,1-3H3,(H,22,25)/p+1. The van der Waals surface area contributed by atoms with Crippen LogP contribution in [0.15, 0.2) is 59.1 Å². The number of likely N-dealkylation sites (N-methyl/N-ethyl adjacent to an activating group) is 1. The van der Waals surface area contributed by atoms with Crippen LogP contribution in [0.1, 0.15) is 16.7 Å². The molecule has 0 spiro atoms. The van der Waals surface area contributed by atoms with Crippen molar-refractivity contribution in [3.63, 3.8) is 0 Å². The molecule has 0 aliphatic carbocycles. The summed E-state index contributed by atoms with van der Waals surface area (Å²) in [6.45, 7) is 5.28. The van der Waals surface area contributed by atoms with Gasteiger partial charge in [-0.1, -0.05) is 59.3 Å². The van der Waals surface area contributed by atoms with E-state index in [1.54, 1.807) is 6.07 Å². The number of nitrogens with one attached hydrogen (secondary N) is 2. The Morgan fingerprint density at radius 1 is 1.12 bits per heavy atom. The van der Waals surface area contributed by atoms with Crippen LogP contribution in [0.2, 0.25) is 0 Å². The van der Waals surface area contributed by atoms with Crippen LogP contribution in [0.3, 0.4) is 0 Å². The van der Waals surface area contributed by atoms with E-state index in [9.17, 15) is 4.79 Å². The molecule has 1 amide bonds. The summed E-state index contributed by atoms with van der Waals surface area (Å²) in [5, 5.41) is 6.82. The third-order valence-electron chi connectivity index (χ3n) is 4.34. The monoisotopic (exact) mass is 350 g/mol. The molecule has 0 fully saturated rings. The van der Waals surface area contributed by atoms with Gasteiger partial charge in [-0.25, -0.2) is 0 Å². The smallest absolute Gasteiger partial charge is 0.281 e. The van der Waals surface area contributed by atoms with E-state index in [2.05, 4.69) is 29.5 Å². The van der Waals surface area contributed by atoms with E-state index in [0.717, 1.165) is 17.0 Å². The molecule has 5 nitrogen and oxygen atoms in total. The second-order valence-corrected chi connectivity index (χ2v) is 6.73. The number of nitrogens with zero attached hydrogens (tertiary/aromatic N) is 1. The molecule has 134 valence electrons. The Labute approximate surface area is 153 Å². The van der Waals surface area contributed by atoms with Gasteiger partial charge in [-0.15, -0.1) is 0 Å². The van der Waals surface area contributed by atoms with Crippen LogP contribution in [-0.2, 0) is 11.3 Å². The van der Waals surface area contributed by atoms with Crippen LogP contribution in [-0.4, -0.2) is 24.7 Å². The summed E-state index contributed by atoms with van der Waals surface area (Å²) in [5.41, 5.74) is 5.35. The Bertz CT molecular complexity index is 884. The molecular weight excluding hydrogens is 326 g/mol. The zero-order chi connectivity index (χ0) is 18.5. The van der Waals surface area contributed by atoms with E-state index in [-0.39, 0.29) is 5.91 Å². The van der Waals surface area contributed by atoms with Crippen molar-refractivity contribution in [1.29, 1.82) is 0 Å². The number of benzene rings is 2. The molecule has 1 aromatic heterocycles. The van der Waals surface area contributed by atoms with Crippen molar-refractivity contribution in [2.75, 3.05) is 18.9 Å². The van der Waals surface area contributed by atoms with E-state index in [1.165, 1.54) is 16.7 Å². The summed E-state index contributed by atoms with van der Waals surface area (Å²) in [6.07, 6.45) is 0. The van der Waals surface area contributed by atoms with Crippen LogP contribution in [0, 0.1) is 13.8 Å². The van der Waals surface area contributed by atoms with E-state index < -0.39 is 0 Å². The third-order valence-corrected chi connectivity index (χ3v) is 4.34. The molecule has 0 aliphatic rings. The van der Waals surface area contributed by atoms with Gasteiger partial charge >= 0.3 is 0 Å². The molecule has 3 rings (SSSR count). The van der Waals surface area contributed by atoms with Crippen LogP contribution < -0.4 is 10.2 Å². The van der Waals surface area contributed by atoms with Gasteiger partial charge in [-0.3, -0.25) is 10.1 Å².